The van der Waals surface area contributed by atoms with Crippen LogP contribution in [-0.4, -0.2) is 5.11 Å². The van der Waals surface area contributed by atoms with Gasteiger partial charge in [-0.1, -0.05) is 57.9 Å². The average molecular weight is 260 g/mol. The van der Waals surface area contributed by atoms with E-state index in [1.165, 1.54) is 31.2 Å². The Morgan fingerprint density at radius 2 is 2.05 bits per heavy atom. The zero-order valence-electron chi connectivity index (χ0n) is 12.6. The number of aliphatic hydroxyl groups is 1. The van der Waals surface area contributed by atoms with Gasteiger partial charge in [0.05, 0.1) is 6.10 Å². The van der Waals surface area contributed by atoms with Crippen molar-refractivity contribution < 1.29 is 5.11 Å². The van der Waals surface area contributed by atoms with Crippen molar-refractivity contribution in [3.8, 4) is 0 Å². The Balaban J connectivity index is 2.07. The molecule has 0 radical (unpaired) electrons. The van der Waals surface area contributed by atoms with Gasteiger partial charge in [-0.25, -0.2) is 0 Å². The van der Waals surface area contributed by atoms with Crippen molar-refractivity contribution in [3.05, 3.63) is 35.4 Å². The molecule has 0 aromatic heterocycles. The molecule has 106 valence electrons. The van der Waals surface area contributed by atoms with E-state index in [2.05, 4.69) is 45.0 Å². The summed E-state index contributed by atoms with van der Waals surface area (Å²) in [6, 6.07) is 8.58. The molecule has 1 aromatic rings. The van der Waals surface area contributed by atoms with Crippen molar-refractivity contribution in [1.82, 2.24) is 0 Å². The fourth-order valence-corrected chi connectivity index (χ4v) is 3.42. The molecule has 1 nitrogen and oxygen atoms in total. The van der Waals surface area contributed by atoms with Crippen molar-refractivity contribution >= 4 is 0 Å². The molecule has 1 aliphatic rings. The predicted molar refractivity (Wildman–Crippen MR) is 81.1 cm³/mol. The van der Waals surface area contributed by atoms with E-state index in [-0.39, 0.29) is 6.10 Å². The Hall–Kier alpha value is -0.820. The van der Waals surface area contributed by atoms with Crippen molar-refractivity contribution in [2.75, 3.05) is 0 Å². The first-order valence-electron chi connectivity index (χ1n) is 7.83. The van der Waals surface area contributed by atoms with Crippen LogP contribution in [0.15, 0.2) is 24.3 Å². The molecule has 1 heteroatoms. The molecule has 1 fully saturated rings. The van der Waals surface area contributed by atoms with Crippen LogP contribution in [0.5, 0.6) is 0 Å². The van der Waals surface area contributed by atoms with Gasteiger partial charge in [0.1, 0.15) is 0 Å². The van der Waals surface area contributed by atoms with E-state index in [0.717, 1.165) is 17.9 Å². The molecule has 0 bridgehead atoms. The van der Waals surface area contributed by atoms with Crippen LogP contribution in [-0.2, 0) is 6.42 Å². The largest absolute Gasteiger partial charge is 0.388 e. The number of aliphatic hydroxyl groups excluding tert-OH is 1. The van der Waals surface area contributed by atoms with Crippen LogP contribution in [0.1, 0.15) is 63.7 Å². The maximum Gasteiger partial charge on any atom is 0.0818 e. The van der Waals surface area contributed by atoms with Gasteiger partial charge in [0, 0.05) is 0 Å². The molecule has 0 saturated heterocycles. The number of hydrogen-bond donors (Lipinski definition) is 1. The van der Waals surface area contributed by atoms with E-state index < -0.39 is 0 Å². The summed E-state index contributed by atoms with van der Waals surface area (Å²) in [4.78, 5) is 0. The molecule has 0 spiro atoms. The third-order valence-corrected chi connectivity index (χ3v) is 4.36. The zero-order chi connectivity index (χ0) is 13.8. The fraction of sp³-hybridized carbons (Fsp3) is 0.667. The second-order valence-electron chi connectivity index (χ2n) is 6.82. The lowest BCUT2D eigenvalue weighted by Gasteiger charge is -2.30. The summed E-state index contributed by atoms with van der Waals surface area (Å²) in [7, 11) is 0. The minimum absolute atomic E-state index is 0.269. The SMILES string of the molecule is CC(C)Cc1cccc(C(O)C2CCCC(C)C2)c1. The first-order chi connectivity index (χ1) is 9.06. The van der Waals surface area contributed by atoms with Crippen molar-refractivity contribution in [3.63, 3.8) is 0 Å². The van der Waals surface area contributed by atoms with Crippen LogP contribution >= 0.6 is 0 Å². The number of hydrogen-bond acceptors (Lipinski definition) is 1. The van der Waals surface area contributed by atoms with Gasteiger partial charge >= 0.3 is 0 Å². The summed E-state index contributed by atoms with van der Waals surface area (Å²) in [5.74, 6) is 1.90. The summed E-state index contributed by atoms with van der Waals surface area (Å²) in [6.07, 6.45) is 5.79. The Kier molecular flexibility index (Phi) is 5.04. The van der Waals surface area contributed by atoms with Crippen molar-refractivity contribution in [2.24, 2.45) is 17.8 Å². The van der Waals surface area contributed by atoms with Gasteiger partial charge < -0.3 is 5.11 Å². The normalized spacial score (nSPS) is 25.5. The lowest BCUT2D eigenvalue weighted by Crippen LogP contribution is -2.20. The van der Waals surface area contributed by atoms with Gasteiger partial charge in [-0.3, -0.25) is 0 Å². The summed E-state index contributed by atoms with van der Waals surface area (Å²) < 4.78 is 0. The minimum Gasteiger partial charge on any atom is -0.388 e. The van der Waals surface area contributed by atoms with E-state index in [4.69, 9.17) is 0 Å². The summed E-state index contributed by atoms with van der Waals surface area (Å²) in [5.41, 5.74) is 2.48. The third-order valence-electron chi connectivity index (χ3n) is 4.36. The Bertz CT molecular complexity index is 396. The molecule has 1 saturated carbocycles. The van der Waals surface area contributed by atoms with Gasteiger partial charge in [-0.15, -0.1) is 0 Å². The van der Waals surface area contributed by atoms with E-state index in [1.807, 2.05) is 0 Å². The van der Waals surface area contributed by atoms with Crippen LogP contribution in [0, 0.1) is 17.8 Å². The lowest BCUT2D eigenvalue weighted by molar-refractivity contribution is 0.0713. The van der Waals surface area contributed by atoms with Gasteiger partial charge in [-0.05, 0) is 48.1 Å². The summed E-state index contributed by atoms with van der Waals surface area (Å²) in [6.45, 7) is 6.80. The smallest absolute Gasteiger partial charge is 0.0818 e. The number of rotatable bonds is 4. The highest BCUT2D eigenvalue weighted by molar-refractivity contribution is 5.26. The third kappa shape index (κ3) is 4.07. The standard InChI is InChI=1S/C18H28O/c1-13(2)10-15-7-5-9-17(12-15)18(19)16-8-4-6-14(3)11-16/h5,7,9,12-14,16,18-19H,4,6,8,10-11H2,1-3H3. The molecule has 1 N–H and O–H groups in total. The highest BCUT2D eigenvalue weighted by Gasteiger charge is 2.26. The Morgan fingerprint density at radius 1 is 1.26 bits per heavy atom. The van der Waals surface area contributed by atoms with Crippen LogP contribution in [0.3, 0.4) is 0 Å². The first kappa shape index (κ1) is 14.6. The van der Waals surface area contributed by atoms with Crippen LogP contribution in [0.4, 0.5) is 0 Å². The molecule has 0 amide bonds. The molecule has 1 aromatic carbocycles. The maximum absolute atomic E-state index is 10.6. The van der Waals surface area contributed by atoms with Gasteiger partial charge in [0.25, 0.3) is 0 Å². The minimum atomic E-state index is -0.269. The van der Waals surface area contributed by atoms with E-state index in [9.17, 15) is 5.11 Å². The quantitative estimate of drug-likeness (QED) is 0.828. The number of benzene rings is 1. The molecular weight excluding hydrogens is 232 g/mol. The average Bonchev–Trinajstić information content (AvgIpc) is 2.37. The van der Waals surface area contributed by atoms with E-state index in [1.54, 1.807) is 0 Å². The summed E-state index contributed by atoms with van der Waals surface area (Å²) >= 11 is 0. The lowest BCUT2D eigenvalue weighted by atomic mass is 9.77. The molecule has 1 aliphatic carbocycles. The molecule has 2 rings (SSSR count). The second-order valence-corrected chi connectivity index (χ2v) is 6.82. The highest BCUT2D eigenvalue weighted by atomic mass is 16.3. The van der Waals surface area contributed by atoms with E-state index in [0.29, 0.717) is 11.8 Å². The molecule has 3 unspecified atom stereocenters. The molecule has 0 aliphatic heterocycles. The Morgan fingerprint density at radius 3 is 2.74 bits per heavy atom. The Labute approximate surface area is 118 Å². The maximum atomic E-state index is 10.6. The second kappa shape index (κ2) is 6.56. The van der Waals surface area contributed by atoms with Gasteiger partial charge in [0.15, 0.2) is 0 Å². The predicted octanol–water partition coefficient (Wildman–Crippen LogP) is 4.74. The van der Waals surface area contributed by atoms with Crippen LogP contribution < -0.4 is 0 Å². The van der Waals surface area contributed by atoms with Crippen molar-refractivity contribution in [1.29, 1.82) is 0 Å². The molecular formula is C18H28O. The van der Waals surface area contributed by atoms with Crippen LogP contribution in [0.2, 0.25) is 0 Å². The van der Waals surface area contributed by atoms with Gasteiger partial charge in [0.2, 0.25) is 0 Å². The highest BCUT2D eigenvalue weighted by Crippen LogP contribution is 2.37. The van der Waals surface area contributed by atoms with Gasteiger partial charge in [-0.2, -0.15) is 0 Å². The zero-order valence-corrected chi connectivity index (χ0v) is 12.6. The fourth-order valence-electron chi connectivity index (χ4n) is 3.42. The topological polar surface area (TPSA) is 20.2 Å². The monoisotopic (exact) mass is 260 g/mol. The molecule has 0 heterocycles. The van der Waals surface area contributed by atoms with Crippen LogP contribution in [0.25, 0.3) is 0 Å². The summed E-state index contributed by atoms with van der Waals surface area (Å²) in [5, 5.41) is 10.6. The molecule has 3 atom stereocenters. The first-order valence-corrected chi connectivity index (χ1v) is 7.83. The van der Waals surface area contributed by atoms with Crippen molar-refractivity contribution in [2.45, 2.75) is 59.0 Å². The molecule has 19 heavy (non-hydrogen) atoms. The van der Waals surface area contributed by atoms with E-state index >= 15 is 0 Å².